The van der Waals surface area contributed by atoms with Gasteiger partial charge in [-0.05, 0) is 25.0 Å². The van der Waals surface area contributed by atoms with Crippen LogP contribution in [0, 0.1) is 6.92 Å². The number of aliphatic hydroxyl groups is 1. The summed E-state index contributed by atoms with van der Waals surface area (Å²) in [7, 11) is 0. The Kier molecular flexibility index (Phi) is 3.93. The Labute approximate surface area is 79.6 Å². The van der Waals surface area contributed by atoms with Crippen molar-refractivity contribution < 1.29 is 5.11 Å². The first-order valence-electron chi connectivity index (χ1n) is 4.62. The highest BCUT2D eigenvalue weighted by Crippen LogP contribution is 2.06. The first-order valence-corrected chi connectivity index (χ1v) is 4.62. The number of nitrogens with one attached hydrogen (secondary N) is 1. The quantitative estimate of drug-likeness (QED) is 0.733. The Morgan fingerprint density at radius 3 is 2.69 bits per heavy atom. The minimum atomic E-state index is 0.166. The Bertz CT molecular complexity index is 260. The summed E-state index contributed by atoms with van der Waals surface area (Å²) in [6.45, 7) is 5.08. The molecule has 1 unspecified atom stereocenters. The van der Waals surface area contributed by atoms with E-state index in [1.54, 1.807) is 0 Å². The first kappa shape index (κ1) is 10.2. The second-order valence-electron chi connectivity index (χ2n) is 3.39. The van der Waals surface area contributed by atoms with Crippen LogP contribution in [0.4, 0.5) is 0 Å². The fraction of sp³-hybridized carbons (Fsp3) is 0.455. The van der Waals surface area contributed by atoms with Crippen molar-refractivity contribution in [3.05, 3.63) is 35.4 Å². The van der Waals surface area contributed by atoms with E-state index in [1.807, 2.05) is 19.1 Å². The molecule has 0 heterocycles. The van der Waals surface area contributed by atoms with Crippen molar-refractivity contribution in [3.8, 4) is 0 Å². The van der Waals surface area contributed by atoms with E-state index < -0.39 is 0 Å². The van der Waals surface area contributed by atoms with Crippen molar-refractivity contribution in [2.24, 2.45) is 0 Å². The molecular formula is C11H17NO. The minimum absolute atomic E-state index is 0.166. The molecule has 1 aromatic rings. The molecule has 0 aliphatic carbocycles. The summed E-state index contributed by atoms with van der Waals surface area (Å²) >= 11 is 0. The molecule has 0 saturated carbocycles. The molecule has 0 spiro atoms. The maximum Gasteiger partial charge on any atom is 0.0582 e. The lowest BCUT2D eigenvalue weighted by Crippen LogP contribution is -2.28. The lowest BCUT2D eigenvalue weighted by Gasteiger charge is -2.11. The molecule has 13 heavy (non-hydrogen) atoms. The zero-order valence-corrected chi connectivity index (χ0v) is 8.25. The molecule has 1 atom stereocenters. The van der Waals surface area contributed by atoms with E-state index in [0.717, 1.165) is 6.54 Å². The zero-order valence-electron chi connectivity index (χ0n) is 8.25. The van der Waals surface area contributed by atoms with Crippen LogP contribution in [-0.2, 0) is 6.54 Å². The molecule has 0 aromatic heterocycles. The van der Waals surface area contributed by atoms with Crippen LogP contribution in [-0.4, -0.2) is 17.8 Å². The largest absolute Gasteiger partial charge is 0.395 e. The number of rotatable bonds is 4. The van der Waals surface area contributed by atoms with Crippen LogP contribution >= 0.6 is 0 Å². The fourth-order valence-corrected chi connectivity index (χ4v) is 1.16. The minimum Gasteiger partial charge on any atom is -0.395 e. The van der Waals surface area contributed by atoms with Gasteiger partial charge in [0.2, 0.25) is 0 Å². The predicted molar refractivity (Wildman–Crippen MR) is 54.6 cm³/mol. The van der Waals surface area contributed by atoms with E-state index in [2.05, 4.69) is 24.4 Å². The highest BCUT2D eigenvalue weighted by atomic mass is 16.3. The van der Waals surface area contributed by atoms with Gasteiger partial charge in [-0.3, -0.25) is 0 Å². The van der Waals surface area contributed by atoms with Gasteiger partial charge in [0.15, 0.2) is 0 Å². The highest BCUT2D eigenvalue weighted by Gasteiger charge is 2.00. The van der Waals surface area contributed by atoms with E-state index in [-0.39, 0.29) is 12.6 Å². The second kappa shape index (κ2) is 5.00. The number of aryl methyl sites for hydroxylation is 1. The van der Waals surface area contributed by atoms with Crippen LogP contribution in [0.5, 0.6) is 0 Å². The van der Waals surface area contributed by atoms with Gasteiger partial charge in [-0.1, -0.05) is 24.3 Å². The second-order valence-corrected chi connectivity index (χ2v) is 3.39. The molecule has 0 saturated heterocycles. The Morgan fingerprint density at radius 2 is 2.08 bits per heavy atom. The third kappa shape index (κ3) is 3.17. The molecule has 2 heteroatoms. The summed E-state index contributed by atoms with van der Waals surface area (Å²) < 4.78 is 0. The van der Waals surface area contributed by atoms with Crippen molar-refractivity contribution in [1.29, 1.82) is 0 Å². The molecule has 0 radical (unpaired) electrons. The van der Waals surface area contributed by atoms with Gasteiger partial charge in [-0.2, -0.15) is 0 Å². The van der Waals surface area contributed by atoms with Gasteiger partial charge >= 0.3 is 0 Å². The predicted octanol–water partition coefficient (Wildman–Crippen LogP) is 1.47. The number of benzene rings is 1. The van der Waals surface area contributed by atoms with Crippen LogP contribution in [0.2, 0.25) is 0 Å². The van der Waals surface area contributed by atoms with Crippen molar-refractivity contribution >= 4 is 0 Å². The maximum atomic E-state index is 8.82. The molecule has 1 rings (SSSR count). The third-order valence-corrected chi connectivity index (χ3v) is 2.18. The average Bonchev–Trinajstić information content (AvgIpc) is 2.16. The summed E-state index contributed by atoms with van der Waals surface area (Å²) in [5.74, 6) is 0. The number of hydrogen-bond acceptors (Lipinski definition) is 2. The Balaban J connectivity index is 2.50. The lowest BCUT2D eigenvalue weighted by molar-refractivity contribution is 0.251. The zero-order chi connectivity index (χ0) is 9.68. The van der Waals surface area contributed by atoms with Gasteiger partial charge in [0.25, 0.3) is 0 Å². The lowest BCUT2D eigenvalue weighted by atomic mass is 10.1. The number of aliphatic hydroxyl groups excluding tert-OH is 1. The molecule has 0 bridgehead atoms. The van der Waals surface area contributed by atoms with Crippen molar-refractivity contribution in [2.75, 3.05) is 6.61 Å². The molecule has 0 aliphatic heterocycles. The van der Waals surface area contributed by atoms with Crippen molar-refractivity contribution in [2.45, 2.75) is 26.4 Å². The monoisotopic (exact) mass is 179 g/mol. The normalized spacial score (nSPS) is 12.8. The smallest absolute Gasteiger partial charge is 0.0582 e. The van der Waals surface area contributed by atoms with Crippen LogP contribution in [0.3, 0.4) is 0 Å². The van der Waals surface area contributed by atoms with Gasteiger partial charge in [-0.15, -0.1) is 0 Å². The molecule has 2 nitrogen and oxygen atoms in total. The summed E-state index contributed by atoms with van der Waals surface area (Å²) in [5, 5.41) is 12.1. The van der Waals surface area contributed by atoms with E-state index >= 15 is 0 Å². The highest BCUT2D eigenvalue weighted by molar-refractivity contribution is 5.25. The molecular weight excluding hydrogens is 162 g/mol. The van der Waals surface area contributed by atoms with Crippen LogP contribution in [0.15, 0.2) is 24.3 Å². The summed E-state index contributed by atoms with van der Waals surface area (Å²) in [6, 6.07) is 8.44. The Morgan fingerprint density at radius 1 is 1.38 bits per heavy atom. The summed E-state index contributed by atoms with van der Waals surface area (Å²) in [6.07, 6.45) is 0. The Hall–Kier alpha value is -0.860. The standard InChI is InChI=1S/C11H17NO/c1-9-5-3-4-6-11(9)7-12-10(2)8-13/h3-6,10,12-13H,7-8H2,1-2H3. The molecule has 72 valence electrons. The van der Waals surface area contributed by atoms with Crippen molar-refractivity contribution in [1.82, 2.24) is 5.32 Å². The van der Waals surface area contributed by atoms with Crippen LogP contribution < -0.4 is 5.32 Å². The summed E-state index contributed by atoms with van der Waals surface area (Å²) in [4.78, 5) is 0. The van der Waals surface area contributed by atoms with E-state index in [0.29, 0.717) is 0 Å². The molecule has 0 fully saturated rings. The van der Waals surface area contributed by atoms with Gasteiger partial charge in [0.1, 0.15) is 0 Å². The van der Waals surface area contributed by atoms with Crippen molar-refractivity contribution in [3.63, 3.8) is 0 Å². The first-order chi connectivity index (χ1) is 6.24. The molecule has 0 amide bonds. The van der Waals surface area contributed by atoms with E-state index in [4.69, 9.17) is 5.11 Å². The van der Waals surface area contributed by atoms with E-state index in [1.165, 1.54) is 11.1 Å². The maximum absolute atomic E-state index is 8.82. The SMILES string of the molecule is Cc1ccccc1CNC(C)CO. The summed E-state index contributed by atoms with van der Waals surface area (Å²) in [5.41, 5.74) is 2.59. The van der Waals surface area contributed by atoms with Crippen LogP contribution in [0.25, 0.3) is 0 Å². The van der Waals surface area contributed by atoms with Gasteiger partial charge < -0.3 is 10.4 Å². The van der Waals surface area contributed by atoms with Gasteiger partial charge in [0, 0.05) is 12.6 Å². The topological polar surface area (TPSA) is 32.3 Å². The van der Waals surface area contributed by atoms with Crippen LogP contribution in [0.1, 0.15) is 18.1 Å². The van der Waals surface area contributed by atoms with E-state index in [9.17, 15) is 0 Å². The van der Waals surface area contributed by atoms with Gasteiger partial charge in [-0.25, -0.2) is 0 Å². The fourth-order valence-electron chi connectivity index (χ4n) is 1.16. The van der Waals surface area contributed by atoms with Gasteiger partial charge in [0.05, 0.1) is 6.61 Å². The molecule has 0 aliphatic rings. The average molecular weight is 179 g/mol. The third-order valence-electron chi connectivity index (χ3n) is 2.18. The molecule has 2 N–H and O–H groups in total. The number of hydrogen-bond donors (Lipinski definition) is 2. The molecule has 1 aromatic carbocycles.